The minimum absolute atomic E-state index is 0.00185. The van der Waals surface area contributed by atoms with Crippen LogP contribution >= 0.6 is 23.1 Å². The zero-order valence-electron chi connectivity index (χ0n) is 18.8. The fourth-order valence-electron chi connectivity index (χ4n) is 7.14. The molecular formula is C25H26N2O5S2. The molecule has 2 aliphatic heterocycles. The van der Waals surface area contributed by atoms with Gasteiger partial charge < -0.3 is 10.1 Å². The molecule has 0 spiro atoms. The molecule has 0 radical (unpaired) electrons. The third kappa shape index (κ3) is 3.02. The van der Waals surface area contributed by atoms with Crippen molar-refractivity contribution in [2.75, 3.05) is 0 Å². The highest BCUT2D eigenvalue weighted by molar-refractivity contribution is 8.00. The quantitative estimate of drug-likeness (QED) is 0.612. The van der Waals surface area contributed by atoms with Crippen LogP contribution in [0.1, 0.15) is 43.0 Å². The van der Waals surface area contributed by atoms with Crippen molar-refractivity contribution in [1.29, 1.82) is 0 Å². The van der Waals surface area contributed by atoms with Gasteiger partial charge in [-0.25, -0.2) is 4.79 Å². The lowest BCUT2D eigenvalue weighted by atomic mass is 9.68. The Morgan fingerprint density at radius 2 is 1.79 bits per heavy atom. The van der Waals surface area contributed by atoms with Gasteiger partial charge in [0.05, 0.1) is 16.9 Å². The number of thiazole rings is 1. The van der Waals surface area contributed by atoms with Crippen LogP contribution in [0.4, 0.5) is 0 Å². The predicted molar refractivity (Wildman–Crippen MR) is 128 cm³/mol. The summed E-state index contributed by atoms with van der Waals surface area (Å²) >= 11 is 2.89. The number of carboxylic acids is 1. The number of thioether (sulfide) groups is 1. The average Bonchev–Trinajstić information content (AvgIpc) is 3.51. The number of aromatic nitrogens is 1. The van der Waals surface area contributed by atoms with Crippen molar-refractivity contribution < 1.29 is 19.5 Å². The van der Waals surface area contributed by atoms with Gasteiger partial charge in [0.1, 0.15) is 6.04 Å². The molecule has 8 atom stereocenters. The van der Waals surface area contributed by atoms with Crippen molar-refractivity contribution in [2.45, 2.75) is 48.9 Å². The third-order valence-electron chi connectivity index (χ3n) is 8.21. The second-order valence-corrected chi connectivity index (χ2v) is 12.6. The number of carbonyl (C=O) groups excluding carboxylic acids is 2. The molecule has 34 heavy (non-hydrogen) atoms. The first kappa shape index (κ1) is 22.1. The molecule has 3 heterocycles. The van der Waals surface area contributed by atoms with Crippen LogP contribution in [0.2, 0.25) is 0 Å². The van der Waals surface area contributed by atoms with Gasteiger partial charge in [-0.05, 0) is 42.1 Å². The van der Waals surface area contributed by atoms with Crippen LogP contribution in [0.3, 0.4) is 0 Å². The van der Waals surface area contributed by atoms with Crippen LogP contribution in [0, 0.1) is 35.5 Å². The molecule has 2 aliphatic carbocycles. The summed E-state index contributed by atoms with van der Waals surface area (Å²) < 4.78 is 0. The molecule has 2 bridgehead atoms. The van der Waals surface area contributed by atoms with E-state index in [2.05, 4.69) is 17.1 Å². The summed E-state index contributed by atoms with van der Waals surface area (Å²) in [5, 5.41) is 10.9. The molecule has 6 rings (SSSR count). The summed E-state index contributed by atoms with van der Waals surface area (Å²) in [6.07, 6.45) is 1.06. The van der Waals surface area contributed by atoms with Gasteiger partial charge in [0.25, 0.3) is 0 Å². The lowest BCUT2D eigenvalue weighted by Gasteiger charge is -2.43. The van der Waals surface area contributed by atoms with E-state index in [0.29, 0.717) is 0 Å². The van der Waals surface area contributed by atoms with Gasteiger partial charge in [-0.15, -0.1) is 11.8 Å². The van der Waals surface area contributed by atoms with Crippen molar-refractivity contribution in [3.05, 3.63) is 50.4 Å². The van der Waals surface area contributed by atoms with Gasteiger partial charge >= 0.3 is 10.8 Å². The van der Waals surface area contributed by atoms with Gasteiger partial charge in [0.15, 0.2) is 0 Å². The van der Waals surface area contributed by atoms with E-state index in [4.69, 9.17) is 0 Å². The summed E-state index contributed by atoms with van der Waals surface area (Å²) in [6.45, 7) is 3.81. The van der Waals surface area contributed by atoms with Gasteiger partial charge in [-0.3, -0.25) is 19.3 Å². The number of rotatable bonds is 5. The van der Waals surface area contributed by atoms with E-state index >= 15 is 0 Å². The maximum absolute atomic E-state index is 13.7. The first-order chi connectivity index (χ1) is 16.3. The average molecular weight is 499 g/mol. The number of carboxylic acid groups (broad SMARTS) is 1. The van der Waals surface area contributed by atoms with E-state index in [1.165, 1.54) is 11.3 Å². The van der Waals surface area contributed by atoms with Crippen LogP contribution < -0.4 is 4.87 Å². The van der Waals surface area contributed by atoms with Crippen molar-refractivity contribution >= 4 is 40.9 Å². The number of amides is 2. The van der Waals surface area contributed by atoms with Crippen molar-refractivity contribution in [3.8, 4) is 0 Å². The Hall–Kier alpha value is -2.39. The third-order valence-corrected chi connectivity index (χ3v) is 10.8. The molecule has 4 aliphatic rings. The second kappa shape index (κ2) is 7.81. The van der Waals surface area contributed by atoms with Crippen LogP contribution in [0.25, 0.3) is 0 Å². The lowest BCUT2D eigenvalue weighted by molar-refractivity contribution is -0.156. The van der Waals surface area contributed by atoms with E-state index in [0.717, 1.165) is 26.8 Å². The van der Waals surface area contributed by atoms with Crippen LogP contribution in [0.15, 0.2) is 40.2 Å². The highest BCUT2D eigenvalue weighted by Crippen LogP contribution is 2.68. The number of aromatic amines is 1. The highest BCUT2D eigenvalue weighted by Gasteiger charge is 2.70. The summed E-state index contributed by atoms with van der Waals surface area (Å²) in [7, 11) is 0. The molecule has 9 heteroatoms. The highest BCUT2D eigenvalue weighted by atomic mass is 32.2. The Bertz CT molecular complexity index is 1240. The molecule has 1 saturated heterocycles. The standard InChI is InChI=1S/C25H26N2O5S2/c1-10(2)8-14(24(30)31)27-22(28)17-12-9-13(18(17)23(27)29)19-16(12)15(11-6-4-3-5-7-11)20-21(33-19)26-25(32)34-20/h3-7,10,12-19H,8-9H2,1-2H3,(H,26,32)(H,30,31)/t12-,13-,14-,15-,16-,17+,18-,19+/m1/s1. The molecule has 178 valence electrons. The smallest absolute Gasteiger partial charge is 0.326 e. The number of likely N-dealkylation sites (tertiary alicyclic amines) is 1. The van der Waals surface area contributed by atoms with E-state index < -0.39 is 23.8 Å². The number of nitrogens with one attached hydrogen (secondary N) is 1. The molecular weight excluding hydrogens is 472 g/mol. The minimum atomic E-state index is -1.11. The number of hydrogen-bond donors (Lipinski definition) is 2. The number of fused-ring (bicyclic) bond motifs is 9. The van der Waals surface area contributed by atoms with E-state index in [9.17, 15) is 24.3 Å². The minimum Gasteiger partial charge on any atom is -0.480 e. The van der Waals surface area contributed by atoms with Gasteiger partial charge in [-0.1, -0.05) is 55.5 Å². The van der Waals surface area contributed by atoms with Gasteiger partial charge in [-0.2, -0.15) is 0 Å². The number of carbonyl (C=O) groups is 3. The largest absolute Gasteiger partial charge is 0.480 e. The molecule has 2 N–H and O–H groups in total. The Morgan fingerprint density at radius 1 is 1.12 bits per heavy atom. The number of H-pyrrole nitrogens is 1. The fourth-order valence-corrected chi connectivity index (χ4v) is 10.0. The van der Waals surface area contributed by atoms with Crippen molar-refractivity contribution in [1.82, 2.24) is 9.88 Å². The van der Waals surface area contributed by atoms with Crippen molar-refractivity contribution in [3.63, 3.8) is 0 Å². The predicted octanol–water partition coefficient (Wildman–Crippen LogP) is 3.41. The molecule has 2 amide bonds. The van der Waals surface area contributed by atoms with E-state index in [1.807, 2.05) is 32.0 Å². The fraction of sp³-hybridized carbons (Fsp3) is 0.520. The monoisotopic (exact) mass is 498 g/mol. The number of hydrogen-bond acceptors (Lipinski definition) is 6. The molecule has 0 unspecified atom stereocenters. The van der Waals surface area contributed by atoms with Gasteiger partial charge in [0, 0.05) is 16.0 Å². The van der Waals surface area contributed by atoms with Crippen molar-refractivity contribution in [2.24, 2.45) is 35.5 Å². The van der Waals surface area contributed by atoms with Crippen LogP contribution in [0.5, 0.6) is 0 Å². The van der Waals surface area contributed by atoms with E-state index in [1.54, 1.807) is 11.8 Å². The van der Waals surface area contributed by atoms with E-state index in [-0.39, 0.29) is 57.9 Å². The first-order valence-electron chi connectivity index (χ1n) is 11.8. The Kier molecular flexibility index (Phi) is 5.08. The molecule has 2 aromatic rings. The number of aliphatic carboxylic acids is 1. The number of imide groups is 1. The molecule has 1 aromatic heterocycles. The lowest BCUT2D eigenvalue weighted by Crippen LogP contribution is -2.47. The number of benzene rings is 1. The molecule has 7 nitrogen and oxygen atoms in total. The molecule has 2 saturated carbocycles. The van der Waals surface area contributed by atoms with Crippen LogP contribution in [-0.4, -0.2) is 44.1 Å². The zero-order chi connectivity index (χ0) is 23.9. The van der Waals surface area contributed by atoms with Crippen LogP contribution in [-0.2, 0) is 14.4 Å². The summed E-state index contributed by atoms with van der Waals surface area (Å²) in [5.41, 5.74) is 1.12. The molecule has 3 fully saturated rings. The summed E-state index contributed by atoms with van der Waals surface area (Å²) in [6, 6.07) is 8.99. The zero-order valence-corrected chi connectivity index (χ0v) is 20.5. The first-order valence-corrected chi connectivity index (χ1v) is 13.5. The maximum Gasteiger partial charge on any atom is 0.326 e. The Labute approximate surface area is 204 Å². The Morgan fingerprint density at radius 3 is 2.44 bits per heavy atom. The maximum atomic E-state index is 13.7. The topological polar surface area (TPSA) is 108 Å². The normalized spacial score (nSPS) is 34.3. The number of nitrogens with zero attached hydrogens (tertiary/aromatic N) is 1. The Balaban J connectivity index is 1.42. The SMILES string of the molecule is CC(C)C[C@H](C(=O)O)N1C(=O)[C@@H]2[C@H]3C[C@@H]([C@@H]2C1=O)[C@@H]1[C@@H](c2ccccc2)c2sc(=O)[nH]c2S[C@@H]31. The summed E-state index contributed by atoms with van der Waals surface area (Å²) in [4.78, 5) is 56.6. The molecule has 1 aromatic carbocycles. The second-order valence-electron chi connectivity index (χ2n) is 10.4. The summed E-state index contributed by atoms with van der Waals surface area (Å²) in [5.74, 6) is -2.48. The van der Waals surface area contributed by atoms with Gasteiger partial charge in [0.2, 0.25) is 11.8 Å².